The smallest absolute Gasteiger partial charge is 0.0593 e. The summed E-state index contributed by atoms with van der Waals surface area (Å²) in [6.07, 6.45) is 2.17. The Labute approximate surface area is 110 Å². The lowest BCUT2D eigenvalue weighted by Gasteiger charge is -2.21. The van der Waals surface area contributed by atoms with Crippen LogP contribution in [0, 0.1) is 0 Å². The second-order valence-corrected chi connectivity index (χ2v) is 5.45. The average Bonchev–Trinajstić information content (AvgIpc) is 2.39. The standard InChI is InChI=1S/C15H11ClS/c16-13-7-5-12(6-8-13)15-14-4-2-1-3-11(14)9-10-17-15/h1-10,15H. The van der Waals surface area contributed by atoms with E-state index in [1.807, 2.05) is 23.9 Å². The highest BCUT2D eigenvalue weighted by molar-refractivity contribution is 8.02. The Bertz CT molecular complexity index is 557. The Morgan fingerprint density at radius 1 is 0.941 bits per heavy atom. The summed E-state index contributed by atoms with van der Waals surface area (Å²) < 4.78 is 0. The maximum Gasteiger partial charge on any atom is 0.0593 e. The van der Waals surface area contributed by atoms with E-state index in [4.69, 9.17) is 11.6 Å². The highest BCUT2D eigenvalue weighted by atomic mass is 35.5. The molecule has 1 unspecified atom stereocenters. The summed E-state index contributed by atoms with van der Waals surface area (Å²) in [4.78, 5) is 0. The number of hydrogen-bond acceptors (Lipinski definition) is 1. The zero-order valence-corrected chi connectivity index (χ0v) is 10.7. The number of hydrogen-bond donors (Lipinski definition) is 0. The van der Waals surface area contributed by atoms with Crippen molar-refractivity contribution in [3.63, 3.8) is 0 Å². The predicted molar refractivity (Wildman–Crippen MR) is 76.4 cm³/mol. The minimum absolute atomic E-state index is 0.383. The SMILES string of the molecule is Clc1ccc(C2SC=Cc3ccccc32)cc1. The first-order valence-electron chi connectivity index (χ1n) is 5.51. The maximum atomic E-state index is 5.93. The van der Waals surface area contributed by atoms with Gasteiger partial charge in [-0.2, -0.15) is 0 Å². The first-order valence-corrected chi connectivity index (χ1v) is 6.83. The predicted octanol–water partition coefficient (Wildman–Crippen LogP) is 5.15. The summed E-state index contributed by atoms with van der Waals surface area (Å²) in [5, 5.41) is 3.34. The second-order valence-electron chi connectivity index (χ2n) is 4.00. The number of halogens is 1. The first kappa shape index (κ1) is 10.9. The Balaban J connectivity index is 2.05. The lowest BCUT2D eigenvalue weighted by Crippen LogP contribution is -2.00. The molecule has 2 heteroatoms. The fourth-order valence-corrected chi connectivity index (χ4v) is 3.25. The normalized spacial score (nSPS) is 17.8. The molecule has 0 nitrogen and oxygen atoms in total. The molecule has 1 heterocycles. The third kappa shape index (κ3) is 2.13. The molecule has 1 aliphatic heterocycles. The van der Waals surface area contributed by atoms with E-state index in [0.29, 0.717) is 5.25 Å². The van der Waals surface area contributed by atoms with E-state index < -0.39 is 0 Å². The summed E-state index contributed by atoms with van der Waals surface area (Å²) >= 11 is 7.77. The van der Waals surface area contributed by atoms with Gasteiger partial charge in [0.1, 0.15) is 0 Å². The van der Waals surface area contributed by atoms with Gasteiger partial charge in [-0.3, -0.25) is 0 Å². The molecule has 3 rings (SSSR count). The van der Waals surface area contributed by atoms with Gasteiger partial charge in [0, 0.05) is 5.02 Å². The Hall–Kier alpha value is -1.18. The third-order valence-corrected chi connectivity index (χ3v) is 4.26. The molecule has 0 bridgehead atoms. The van der Waals surface area contributed by atoms with E-state index in [0.717, 1.165) is 5.02 Å². The Morgan fingerprint density at radius 2 is 1.71 bits per heavy atom. The molecule has 2 aromatic carbocycles. The summed E-state index contributed by atoms with van der Waals surface area (Å²) in [7, 11) is 0. The lowest BCUT2D eigenvalue weighted by molar-refractivity contribution is 1.15. The monoisotopic (exact) mass is 258 g/mol. The van der Waals surface area contributed by atoms with Crippen LogP contribution in [0.3, 0.4) is 0 Å². The highest BCUT2D eigenvalue weighted by Crippen LogP contribution is 2.42. The van der Waals surface area contributed by atoms with Crippen LogP contribution in [0.2, 0.25) is 5.02 Å². The molecule has 0 spiro atoms. The van der Waals surface area contributed by atoms with Crippen molar-refractivity contribution in [1.29, 1.82) is 0 Å². The fourth-order valence-electron chi connectivity index (χ4n) is 2.06. The van der Waals surface area contributed by atoms with Crippen LogP contribution in [0.4, 0.5) is 0 Å². The van der Waals surface area contributed by atoms with Gasteiger partial charge in [0.15, 0.2) is 0 Å². The molecule has 0 radical (unpaired) electrons. The van der Waals surface area contributed by atoms with E-state index in [1.165, 1.54) is 16.7 Å². The van der Waals surface area contributed by atoms with Crippen LogP contribution in [-0.2, 0) is 0 Å². The molecule has 0 aromatic heterocycles. The second kappa shape index (κ2) is 4.59. The van der Waals surface area contributed by atoms with Gasteiger partial charge in [-0.25, -0.2) is 0 Å². The molecule has 1 atom stereocenters. The zero-order valence-electron chi connectivity index (χ0n) is 9.14. The van der Waals surface area contributed by atoms with Crippen LogP contribution in [0.5, 0.6) is 0 Å². The molecule has 0 aliphatic carbocycles. The van der Waals surface area contributed by atoms with E-state index in [2.05, 4.69) is 47.9 Å². The quantitative estimate of drug-likeness (QED) is 0.682. The number of rotatable bonds is 1. The van der Waals surface area contributed by atoms with Crippen LogP contribution in [0.25, 0.3) is 6.08 Å². The molecule has 17 heavy (non-hydrogen) atoms. The van der Waals surface area contributed by atoms with Crippen molar-refractivity contribution < 1.29 is 0 Å². The van der Waals surface area contributed by atoms with E-state index in [-0.39, 0.29) is 0 Å². The molecular formula is C15H11ClS. The summed E-state index contributed by atoms with van der Waals surface area (Å²) in [5.74, 6) is 0. The van der Waals surface area contributed by atoms with Crippen LogP contribution in [-0.4, -0.2) is 0 Å². The number of thioether (sulfide) groups is 1. The van der Waals surface area contributed by atoms with Crippen molar-refractivity contribution in [3.05, 3.63) is 75.7 Å². The third-order valence-electron chi connectivity index (χ3n) is 2.91. The molecule has 1 aliphatic rings. The van der Waals surface area contributed by atoms with Crippen molar-refractivity contribution in [2.24, 2.45) is 0 Å². The topological polar surface area (TPSA) is 0 Å². The maximum absolute atomic E-state index is 5.93. The van der Waals surface area contributed by atoms with Crippen molar-refractivity contribution >= 4 is 29.4 Å². The van der Waals surface area contributed by atoms with Gasteiger partial charge in [0.2, 0.25) is 0 Å². The number of benzene rings is 2. The molecule has 0 saturated carbocycles. The molecule has 0 N–H and O–H groups in total. The van der Waals surface area contributed by atoms with Gasteiger partial charge < -0.3 is 0 Å². The summed E-state index contributed by atoms with van der Waals surface area (Å²) in [5.41, 5.74) is 3.99. The molecule has 0 saturated heterocycles. The summed E-state index contributed by atoms with van der Waals surface area (Å²) in [6.45, 7) is 0. The molecular weight excluding hydrogens is 248 g/mol. The van der Waals surface area contributed by atoms with Crippen molar-refractivity contribution in [1.82, 2.24) is 0 Å². The van der Waals surface area contributed by atoms with Gasteiger partial charge in [0.05, 0.1) is 5.25 Å². The van der Waals surface area contributed by atoms with Gasteiger partial charge in [-0.05, 0) is 40.3 Å². The minimum Gasteiger partial charge on any atom is -0.121 e. The summed E-state index contributed by atoms with van der Waals surface area (Å²) in [6, 6.07) is 16.7. The van der Waals surface area contributed by atoms with E-state index in [1.54, 1.807) is 0 Å². The number of fused-ring (bicyclic) bond motifs is 1. The largest absolute Gasteiger partial charge is 0.121 e. The average molecular weight is 259 g/mol. The van der Waals surface area contributed by atoms with Gasteiger partial charge >= 0.3 is 0 Å². The molecule has 2 aromatic rings. The van der Waals surface area contributed by atoms with Gasteiger partial charge in [-0.15, -0.1) is 11.8 Å². The van der Waals surface area contributed by atoms with Crippen LogP contribution >= 0.6 is 23.4 Å². The van der Waals surface area contributed by atoms with Crippen LogP contribution < -0.4 is 0 Å². The van der Waals surface area contributed by atoms with Crippen molar-refractivity contribution in [2.45, 2.75) is 5.25 Å². The Morgan fingerprint density at radius 3 is 2.53 bits per heavy atom. The van der Waals surface area contributed by atoms with E-state index >= 15 is 0 Å². The first-order chi connectivity index (χ1) is 8.34. The Kier molecular flexibility index (Phi) is 2.96. The van der Waals surface area contributed by atoms with Crippen molar-refractivity contribution in [2.75, 3.05) is 0 Å². The lowest BCUT2D eigenvalue weighted by atomic mass is 9.99. The highest BCUT2D eigenvalue weighted by Gasteiger charge is 2.18. The zero-order chi connectivity index (χ0) is 11.7. The molecule has 84 valence electrons. The van der Waals surface area contributed by atoms with Gasteiger partial charge in [-0.1, -0.05) is 48.0 Å². The molecule has 0 amide bonds. The van der Waals surface area contributed by atoms with Crippen LogP contribution in [0.1, 0.15) is 21.9 Å². The van der Waals surface area contributed by atoms with E-state index in [9.17, 15) is 0 Å². The minimum atomic E-state index is 0.383. The molecule has 0 fully saturated rings. The van der Waals surface area contributed by atoms with Crippen LogP contribution in [0.15, 0.2) is 53.9 Å². The van der Waals surface area contributed by atoms with Crippen molar-refractivity contribution in [3.8, 4) is 0 Å². The van der Waals surface area contributed by atoms with Gasteiger partial charge in [0.25, 0.3) is 0 Å². The fraction of sp³-hybridized carbons (Fsp3) is 0.0667.